The van der Waals surface area contributed by atoms with Crippen LogP contribution in [0.2, 0.25) is 0 Å². The molecular formula is C13H16F2O. The van der Waals surface area contributed by atoms with E-state index < -0.39 is 5.92 Å². The van der Waals surface area contributed by atoms with E-state index >= 15 is 0 Å². The van der Waals surface area contributed by atoms with Gasteiger partial charge in [0.05, 0.1) is 12.7 Å². The van der Waals surface area contributed by atoms with Crippen LogP contribution in [-0.4, -0.2) is 12.0 Å². The second-order valence-electron chi connectivity index (χ2n) is 4.37. The molecular weight excluding hydrogens is 210 g/mol. The summed E-state index contributed by atoms with van der Waals surface area (Å²) in [5.41, 5.74) is 1.04. The molecule has 1 nitrogen and oxygen atoms in total. The molecule has 0 heterocycles. The van der Waals surface area contributed by atoms with Crippen molar-refractivity contribution in [2.75, 3.05) is 0 Å². The molecule has 0 saturated heterocycles. The second-order valence-corrected chi connectivity index (χ2v) is 4.37. The number of benzene rings is 1. The van der Waals surface area contributed by atoms with Crippen LogP contribution in [0.4, 0.5) is 8.78 Å². The van der Waals surface area contributed by atoms with Crippen molar-refractivity contribution in [3.8, 4) is 0 Å². The fourth-order valence-electron chi connectivity index (χ4n) is 2.06. The van der Waals surface area contributed by atoms with E-state index in [4.69, 9.17) is 4.74 Å². The summed E-state index contributed by atoms with van der Waals surface area (Å²) in [5.74, 6) is -2.53. The van der Waals surface area contributed by atoms with E-state index in [-0.39, 0.29) is 18.9 Å². The number of halogens is 2. The molecule has 1 saturated carbocycles. The van der Waals surface area contributed by atoms with Crippen LogP contribution in [0.3, 0.4) is 0 Å². The van der Waals surface area contributed by atoms with Crippen LogP contribution >= 0.6 is 0 Å². The Morgan fingerprint density at radius 1 is 1.25 bits per heavy atom. The molecule has 2 rings (SSSR count). The molecule has 0 aliphatic heterocycles. The van der Waals surface area contributed by atoms with Crippen molar-refractivity contribution in [1.82, 2.24) is 0 Å². The summed E-state index contributed by atoms with van der Waals surface area (Å²) < 4.78 is 31.7. The Morgan fingerprint density at radius 3 is 2.69 bits per heavy atom. The number of ether oxygens (including phenoxy) is 1. The molecule has 0 aromatic heterocycles. The van der Waals surface area contributed by atoms with E-state index in [0.29, 0.717) is 13.0 Å². The van der Waals surface area contributed by atoms with Crippen molar-refractivity contribution in [1.29, 1.82) is 0 Å². The Bertz CT molecular complexity index is 324. The number of alkyl halides is 2. The molecule has 0 bridgehead atoms. The lowest BCUT2D eigenvalue weighted by Gasteiger charge is -2.28. The monoisotopic (exact) mass is 226 g/mol. The molecule has 1 aliphatic carbocycles. The first-order valence-electron chi connectivity index (χ1n) is 5.69. The predicted molar refractivity (Wildman–Crippen MR) is 58.4 cm³/mol. The Labute approximate surface area is 94.4 Å². The summed E-state index contributed by atoms with van der Waals surface area (Å²) in [6, 6.07) is 9.67. The molecule has 0 radical (unpaired) electrons. The maximum atomic E-state index is 13.1. The minimum Gasteiger partial charge on any atom is -0.373 e. The molecule has 0 amide bonds. The summed E-state index contributed by atoms with van der Waals surface area (Å²) in [7, 11) is 0. The third-order valence-electron chi connectivity index (χ3n) is 2.92. The van der Waals surface area contributed by atoms with Gasteiger partial charge in [-0.05, 0) is 18.4 Å². The number of rotatable bonds is 3. The lowest BCUT2D eigenvalue weighted by Crippen LogP contribution is -2.31. The second kappa shape index (κ2) is 4.91. The van der Waals surface area contributed by atoms with Crippen molar-refractivity contribution in [2.24, 2.45) is 0 Å². The Hall–Kier alpha value is -0.960. The zero-order chi connectivity index (χ0) is 11.4. The maximum Gasteiger partial charge on any atom is 0.250 e. The lowest BCUT2D eigenvalue weighted by molar-refractivity contribution is -0.100. The molecule has 1 atom stereocenters. The molecule has 1 aliphatic rings. The van der Waals surface area contributed by atoms with E-state index in [9.17, 15) is 8.78 Å². The Kier molecular flexibility index (Phi) is 3.54. The number of hydrogen-bond acceptors (Lipinski definition) is 1. The van der Waals surface area contributed by atoms with Gasteiger partial charge >= 0.3 is 0 Å². The van der Waals surface area contributed by atoms with Gasteiger partial charge in [0.15, 0.2) is 0 Å². The highest BCUT2D eigenvalue weighted by atomic mass is 19.3. The van der Waals surface area contributed by atoms with Crippen LogP contribution in [0.25, 0.3) is 0 Å². The summed E-state index contributed by atoms with van der Waals surface area (Å²) in [4.78, 5) is 0. The van der Waals surface area contributed by atoms with Gasteiger partial charge in [0.1, 0.15) is 0 Å². The zero-order valence-electron chi connectivity index (χ0n) is 9.16. The fourth-order valence-corrected chi connectivity index (χ4v) is 2.06. The van der Waals surface area contributed by atoms with Crippen LogP contribution < -0.4 is 0 Å². The van der Waals surface area contributed by atoms with E-state index in [0.717, 1.165) is 12.0 Å². The summed E-state index contributed by atoms with van der Waals surface area (Å²) in [6.45, 7) is 0.432. The van der Waals surface area contributed by atoms with E-state index in [1.165, 1.54) is 0 Å². The summed E-state index contributed by atoms with van der Waals surface area (Å²) in [5, 5.41) is 0. The van der Waals surface area contributed by atoms with E-state index in [2.05, 4.69) is 0 Å². The SMILES string of the molecule is FC1(F)CCCC(OCc2ccccc2)C1. The van der Waals surface area contributed by atoms with Gasteiger partial charge in [-0.15, -0.1) is 0 Å². The van der Waals surface area contributed by atoms with Gasteiger partial charge in [0, 0.05) is 12.8 Å². The van der Waals surface area contributed by atoms with Crippen molar-refractivity contribution in [3.63, 3.8) is 0 Å². The van der Waals surface area contributed by atoms with Gasteiger partial charge < -0.3 is 4.74 Å². The zero-order valence-corrected chi connectivity index (χ0v) is 9.16. The van der Waals surface area contributed by atoms with Crippen LogP contribution in [0.15, 0.2) is 30.3 Å². The molecule has 1 unspecified atom stereocenters. The Balaban J connectivity index is 1.82. The van der Waals surface area contributed by atoms with Crippen molar-refractivity contribution < 1.29 is 13.5 Å². The predicted octanol–water partition coefficient (Wildman–Crippen LogP) is 3.78. The fraction of sp³-hybridized carbons (Fsp3) is 0.538. The molecule has 1 aromatic carbocycles. The maximum absolute atomic E-state index is 13.1. The van der Waals surface area contributed by atoms with E-state index in [1.54, 1.807) is 0 Å². The van der Waals surface area contributed by atoms with Crippen molar-refractivity contribution >= 4 is 0 Å². The van der Waals surface area contributed by atoms with Gasteiger partial charge in [-0.2, -0.15) is 0 Å². The van der Waals surface area contributed by atoms with Gasteiger partial charge in [-0.3, -0.25) is 0 Å². The molecule has 1 aromatic rings. The van der Waals surface area contributed by atoms with Crippen LogP contribution in [-0.2, 0) is 11.3 Å². The first-order chi connectivity index (χ1) is 7.66. The normalized spacial score (nSPS) is 24.2. The molecule has 16 heavy (non-hydrogen) atoms. The van der Waals surface area contributed by atoms with Gasteiger partial charge in [-0.25, -0.2) is 8.78 Å². The molecule has 3 heteroatoms. The third-order valence-corrected chi connectivity index (χ3v) is 2.92. The van der Waals surface area contributed by atoms with Gasteiger partial charge in [0.25, 0.3) is 5.92 Å². The highest BCUT2D eigenvalue weighted by Gasteiger charge is 2.36. The largest absolute Gasteiger partial charge is 0.373 e. The molecule has 88 valence electrons. The third kappa shape index (κ3) is 3.27. The first kappa shape index (κ1) is 11.5. The summed E-state index contributed by atoms with van der Waals surface area (Å²) >= 11 is 0. The van der Waals surface area contributed by atoms with Crippen molar-refractivity contribution in [2.45, 2.75) is 44.3 Å². The van der Waals surface area contributed by atoms with Crippen LogP contribution in [0.5, 0.6) is 0 Å². The topological polar surface area (TPSA) is 9.23 Å². The minimum atomic E-state index is -2.53. The van der Waals surface area contributed by atoms with Crippen molar-refractivity contribution in [3.05, 3.63) is 35.9 Å². The lowest BCUT2D eigenvalue weighted by atomic mass is 9.94. The molecule has 1 fully saturated rings. The highest BCUT2D eigenvalue weighted by Crippen LogP contribution is 2.34. The first-order valence-corrected chi connectivity index (χ1v) is 5.69. The average Bonchev–Trinajstić information content (AvgIpc) is 2.27. The van der Waals surface area contributed by atoms with E-state index in [1.807, 2.05) is 30.3 Å². The molecule has 0 N–H and O–H groups in total. The standard InChI is InChI=1S/C13H16F2O/c14-13(15)8-4-7-12(9-13)16-10-11-5-2-1-3-6-11/h1-3,5-6,12H,4,7-10H2. The number of hydrogen-bond donors (Lipinski definition) is 0. The smallest absolute Gasteiger partial charge is 0.250 e. The van der Waals surface area contributed by atoms with Gasteiger partial charge in [0.2, 0.25) is 0 Å². The quantitative estimate of drug-likeness (QED) is 0.762. The average molecular weight is 226 g/mol. The Morgan fingerprint density at radius 2 is 2.00 bits per heavy atom. The van der Waals surface area contributed by atoms with Crippen LogP contribution in [0.1, 0.15) is 31.2 Å². The van der Waals surface area contributed by atoms with Crippen LogP contribution in [0, 0.1) is 0 Å². The minimum absolute atomic E-state index is 0.0121. The van der Waals surface area contributed by atoms with Gasteiger partial charge in [-0.1, -0.05) is 30.3 Å². The molecule has 0 spiro atoms. The summed E-state index contributed by atoms with van der Waals surface area (Å²) in [6.07, 6.45) is 0.913. The highest BCUT2D eigenvalue weighted by molar-refractivity contribution is 5.13.